The summed E-state index contributed by atoms with van der Waals surface area (Å²) in [7, 11) is 3.67. The SMILES string of the molecule is CC[C@H]1OC(=O)[C@H](C)[C@@H](OC(=O)Cc2cccnc2)[C@H](C)[C@@H](O[C@@H]2O[C@H](C)C[C@H](N(C)C)[C@H]2O)[C@@](C)(O)C[C@@H](C)/C(=N\O)[C@H](C)[C@@H](O)[C@]1(C)O. The Balaban J connectivity index is 2.17. The molecule has 1 aromatic rings. The average Bonchev–Trinajstić information content (AvgIpc) is 3.04. The van der Waals surface area contributed by atoms with Crippen molar-refractivity contribution in [2.75, 3.05) is 14.1 Å². The number of hydrogen-bond acceptors (Lipinski definition) is 14. The van der Waals surface area contributed by atoms with E-state index in [-0.39, 0.29) is 37.1 Å². The molecule has 0 bridgehead atoms. The number of esters is 2. The van der Waals surface area contributed by atoms with E-state index in [0.717, 1.165) is 0 Å². The van der Waals surface area contributed by atoms with Gasteiger partial charge in [0.15, 0.2) is 6.29 Å². The van der Waals surface area contributed by atoms with Crippen molar-refractivity contribution in [1.82, 2.24) is 9.88 Å². The number of carbonyl (C=O) groups excluding carboxylic acids is 2. The Bertz CT molecular complexity index is 1290. The van der Waals surface area contributed by atoms with Gasteiger partial charge in [-0.25, -0.2) is 0 Å². The van der Waals surface area contributed by atoms with Gasteiger partial charge in [0.1, 0.15) is 23.9 Å². The van der Waals surface area contributed by atoms with Crippen LogP contribution in [-0.4, -0.2) is 127 Å². The number of hydrogen-bond donors (Lipinski definition) is 5. The lowest BCUT2D eigenvalue weighted by Gasteiger charge is -2.47. The minimum absolute atomic E-state index is 0.0887. The second kappa shape index (κ2) is 17.2. The van der Waals surface area contributed by atoms with Gasteiger partial charge < -0.3 is 49.5 Å². The number of oxime groups is 1. The van der Waals surface area contributed by atoms with Crippen molar-refractivity contribution in [2.45, 2.75) is 141 Å². The molecule has 284 valence electrons. The number of aliphatic hydroxyl groups excluding tert-OH is 2. The Labute approximate surface area is 295 Å². The van der Waals surface area contributed by atoms with Crippen molar-refractivity contribution in [3.05, 3.63) is 30.1 Å². The number of aliphatic hydroxyl groups is 4. The lowest BCUT2D eigenvalue weighted by Crippen LogP contribution is -2.60. The van der Waals surface area contributed by atoms with E-state index in [2.05, 4.69) is 10.1 Å². The Morgan fingerprint density at radius 1 is 1.12 bits per heavy atom. The summed E-state index contributed by atoms with van der Waals surface area (Å²) < 4.78 is 24.5. The topological polar surface area (TPSA) is 201 Å². The van der Waals surface area contributed by atoms with Gasteiger partial charge in [0.05, 0.1) is 42.0 Å². The van der Waals surface area contributed by atoms with Gasteiger partial charge in [-0.3, -0.25) is 14.6 Å². The van der Waals surface area contributed by atoms with Crippen LogP contribution in [0.4, 0.5) is 0 Å². The molecule has 2 aliphatic rings. The molecule has 0 amide bonds. The highest BCUT2D eigenvalue weighted by molar-refractivity contribution is 5.88. The van der Waals surface area contributed by atoms with Gasteiger partial charge >= 0.3 is 11.9 Å². The maximum absolute atomic E-state index is 13.9. The molecule has 14 nitrogen and oxygen atoms in total. The van der Waals surface area contributed by atoms with Gasteiger partial charge in [-0.15, -0.1) is 0 Å². The molecule has 0 aliphatic carbocycles. The van der Waals surface area contributed by atoms with E-state index < -0.39 is 83.6 Å². The quantitative estimate of drug-likeness (QED) is 0.157. The minimum Gasteiger partial charge on any atom is -0.461 e. The van der Waals surface area contributed by atoms with Gasteiger partial charge in [0, 0.05) is 36.2 Å². The van der Waals surface area contributed by atoms with Gasteiger partial charge in [-0.2, -0.15) is 0 Å². The number of carbonyl (C=O) groups is 2. The van der Waals surface area contributed by atoms with Crippen molar-refractivity contribution in [2.24, 2.45) is 28.8 Å². The van der Waals surface area contributed by atoms with Crippen LogP contribution in [0.5, 0.6) is 0 Å². The monoisotopic (exact) mass is 709 g/mol. The smallest absolute Gasteiger partial charge is 0.312 e. The highest BCUT2D eigenvalue weighted by Crippen LogP contribution is 2.39. The first-order valence-corrected chi connectivity index (χ1v) is 17.6. The predicted molar refractivity (Wildman–Crippen MR) is 183 cm³/mol. The first-order valence-electron chi connectivity index (χ1n) is 17.6. The van der Waals surface area contributed by atoms with Gasteiger partial charge in [0.25, 0.3) is 0 Å². The van der Waals surface area contributed by atoms with Gasteiger partial charge in [0.2, 0.25) is 0 Å². The van der Waals surface area contributed by atoms with Crippen LogP contribution in [0.1, 0.15) is 80.2 Å². The van der Waals surface area contributed by atoms with E-state index in [9.17, 15) is 35.2 Å². The largest absolute Gasteiger partial charge is 0.461 e. The molecule has 0 radical (unpaired) electrons. The maximum Gasteiger partial charge on any atom is 0.312 e. The molecule has 0 aromatic carbocycles. The van der Waals surface area contributed by atoms with Crippen LogP contribution in [-0.2, 0) is 35.0 Å². The van der Waals surface area contributed by atoms with Crippen molar-refractivity contribution in [3.8, 4) is 0 Å². The van der Waals surface area contributed by atoms with E-state index in [4.69, 9.17) is 18.9 Å². The number of aromatic nitrogens is 1. The summed E-state index contributed by atoms with van der Waals surface area (Å²) in [5.41, 5.74) is -3.11. The molecule has 3 heterocycles. The minimum atomic E-state index is -1.98. The third kappa shape index (κ3) is 9.58. The van der Waals surface area contributed by atoms with Crippen LogP contribution < -0.4 is 0 Å². The number of rotatable bonds is 7. The van der Waals surface area contributed by atoms with Crippen LogP contribution >= 0.6 is 0 Å². The molecule has 14 heteroatoms. The molecule has 14 atom stereocenters. The number of cyclic esters (lactones) is 1. The fraction of sp³-hybridized carbons (Fsp3) is 0.778. The van der Waals surface area contributed by atoms with Crippen LogP contribution in [0.25, 0.3) is 0 Å². The van der Waals surface area contributed by atoms with E-state index in [1.807, 2.05) is 25.9 Å². The van der Waals surface area contributed by atoms with Gasteiger partial charge in [-0.05, 0) is 72.7 Å². The predicted octanol–water partition coefficient (Wildman–Crippen LogP) is 2.31. The number of pyridine rings is 1. The average molecular weight is 710 g/mol. The third-order valence-corrected chi connectivity index (χ3v) is 10.5. The van der Waals surface area contributed by atoms with Gasteiger partial charge in [-0.1, -0.05) is 38.9 Å². The lowest BCUT2D eigenvalue weighted by molar-refractivity contribution is -0.299. The molecular weight excluding hydrogens is 650 g/mol. The second-order valence-electron chi connectivity index (χ2n) is 15.0. The summed E-state index contributed by atoms with van der Waals surface area (Å²) in [6.07, 6.45) is -4.38. The standard InChI is InChI=1S/C36H59N3O11/c1-11-26-36(8,45)31(42)21(4)28(38-46)19(2)17-35(7,44)32(50-34-29(41)25(39(9)10)15-20(3)47-34)22(5)30(23(6)33(43)48-26)49-27(40)16-24-13-12-14-37-18-24/h12-14,18-23,25-26,29-32,34,41-42,44-46H,11,15-17H2,1-10H3/b38-28+/t19-,20-,21+,22+,23-,25+,26-,29-,30+,31-,32-,34+,35+,36-/m1/s1. The molecule has 2 fully saturated rings. The summed E-state index contributed by atoms with van der Waals surface area (Å²) >= 11 is 0. The molecule has 1 aromatic heterocycles. The molecule has 50 heavy (non-hydrogen) atoms. The molecule has 2 saturated heterocycles. The highest BCUT2D eigenvalue weighted by atomic mass is 16.7. The first-order chi connectivity index (χ1) is 23.3. The number of likely N-dealkylation sites (N-methyl/N-ethyl adjacent to an activating group) is 1. The Morgan fingerprint density at radius 2 is 1.78 bits per heavy atom. The van der Waals surface area contributed by atoms with E-state index in [1.54, 1.807) is 46.0 Å². The van der Waals surface area contributed by atoms with Crippen molar-refractivity contribution in [1.29, 1.82) is 0 Å². The molecular formula is C36H59N3O11. The fourth-order valence-electron chi connectivity index (χ4n) is 7.67. The van der Waals surface area contributed by atoms with Crippen LogP contribution in [0.15, 0.2) is 29.7 Å². The molecule has 5 N–H and O–H groups in total. The zero-order valence-corrected chi connectivity index (χ0v) is 31.1. The first kappa shape index (κ1) is 41.7. The number of nitrogens with zero attached hydrogens (tertiary/aromatic N) is 3. The molecule has 0 unspecified atom stereocenters. The summed E-state index contributed by atoms with van der Waals surface area (Å²) in [6, 6.07) is 3.06. The van der Waals surface area contributed by atoms with Crippen LogP contribution in [0.2, 0.25) is 0 Å². The summed E-state index contributed by atoms with van der Waals surface area (Å²) in [5, 5.41) is 60.4. The van der Waals surface area contributed by atoms with Crippen molar-refractivity contribution < 1.29 is 54.2 Å². The Morgan fingerprint density at radius 3 is 2.34 bits per heavy atom. The highest BCUT2D eigenvalue weighted by Gasteiger charge is 2.52. The fourth-order valence-corrected chi connectivity index (χ4v) is 7.67. The Kier molecular flexibility index (Phi) is 14.3. The summed E-state index contributed by atoms with van der Waals surface area (Å²) in [5.74, 6) is -5.19. The molecule has 0 saturated carbocycles. The summed E-state index contributed by atoms with van der Waals surface area (Å²) in [4.78, 5) is 33.3. The lowest BCUT2D eigenvalue weighted by atomic mass is 9.73. The third-order valence-electron chi connectivity index (χ3n) is 10.5. The zero-order valence-electron chi connectivity index (χ0n) is 31.1. The summed E-state index contributed by atoms with van der Waals surface area (Å²) in [6.45, 7) is 12.9. The van der Waals surface area contributed by atoms with E-state index in [0.29, 0.717) is 12.0 Å². The van der Waals surface area contributed by atoms with Crippen molar-refractivity contribution >= 4 is 17.7 Å². The molecule has 2 aliphatic heterocycles. The van der Waals surface area contributed by atoms with E-state index in [1.165, 1.54) is 27.0 Å². The Hall–Kier alpha value is -2.72. The normalized spacial score (nSPS) is 41.7. The zero-order chi connectivity index (χ0) is 37.7. The van der Waals surface area contributed by atoms with Crippen LogP contribution in [0.3, 0.4) is 0 Å². The molecule has 3 rings (SSSR count). The van der Waals surface area contributed by atoms with Crippen molar-refractivity contribution in [3.63, 3.8) is 0 Å². The second-order valence-corrected chi connectivity index (χ2v) is 15.0. The maximum atomic E-state index is 13.9. The molecule has 0 spiro atoms. The van der Waals surface area contributed by atoms with E-state index >= 15 is 0 Å². The van der Waals surface area contributed by atoms with Crippen LogP contribution in [0, 0.1) is 23.7 Å². The number of ether oxygens (including phenoxy) is 4.